The minimum Gasteiger partial charge on any atom is -0.0985 e. The van der Waals surface area contributed by atoms with Crippen molar-refractivity contribution in [3.05, 3.63) is 48.1 Å². The van der Waals surface area contributed by atoms with Crippen LogP contribution < -0.4 is 0 Å². The number of rotatable bonds is 4. The molecule has 0 N–H and O–H groups in total. The summed E-state index contributed by atoms with van der Waals surface area (Å²) >= 11 is 0. The van der Waals surface area contributed by atoms with Crippen LogP contribution in [0.15, 0.2) is 48.1 Å². The zero-order chi connectivity index (χ0) is 9.40. The van der Waals surface area contributed by atoms with Crippen LogP contribution >= 0.6 is 0 Å². The second-order valence-corrected chi connectivity index (χ2v) is 2.65. The van der Waals surface area contributed by atoms with E-state index in [4.69, 9.17) is 0 Å². The molecule has 0 bridgehead atoms. The highest BCUT2D eigenvalue weighted by Gasteiger charge is 1.88. The largest absolute Gasteiger partial charge is 0.0985 e. The maximum absolute atomic E-state index is 3.77. The minimum absolute atomic E-state index is 1.08. The molecule has 0 aliphatic carbocycles. The average Bonchev–Trinajstić information content (AvgIpc) is 2.10. The summed E-state index contributed by atoms with van der Waals surface area (Å²) in [7, 11) is 0. The van der Waals surface area contributed by atoms with E-state index in [0.717, 1.165) is 6.42 Å². The van der Waals surface area contributed by atoms with Crippen molar-refractivity contribution >= 4 is 0 Å². The zero-order valence-corrected chi connectivity index (χ0v) is 8.30. The van der Waals surface area contributed by atoms with Crippen LogP contribution in [-0.4, -0.2) is 0 Å². The molecule has 0 amide bonds. The standard InChI is InChI=1S/C12H18/c1-5-8-10-11(4)12(7-3)9-6-2/h6-10H,3,5H2,1-2,4H3/b9-6-,10-8-,12-11+. The lowest BCUT2D eigenvalue weighted by molar-refractivity contribution is 1.21. The number of allylic oxidation sites excluding steroid dienone is 7. The van der Waals surface area contributed by atoms with E-state index < -0.39 is 0 Å². The van der Waals surface area contributed by atoms with Gasteiger partial charge in [0.25, 0.3) is 0 Å². The van der Waals surface area contributed by atoms with Crippen molar-refractivity contribution in [2.75, 3.05) is 0 Å². The van der Waals surface area contributed by atoms with Crippen LogP contribution in [0.5, 0.6) is 0 Å². The third-order valence-corrected chi connectivity index (χ3v) is 1.63. The van der Waals surface area contributed by atoms with E-state index in [-0.39, 0.29) is 0 Å². The van der Waals surface area contributed by atoms with Gasteiger partial charge >= 0.3 is 0 Å². The molecule has 0 fully saturated rings. The van der Waals surface area contributed by atoms with Crippen molar-refractivity contribution in [1.82, 2.24) is 0 Å². The van der Waals surface area contributed by atoms with E-state index in [1.54, 1.807) is 0 Å². The third-order valence-electron chi connectivity index (χ3n) is 1.63. The Bertz CT molecular complexity index is 214. The highest BCUT2D eigenvalue weighted by atomic mass is 13.9. The van der Waals surface area contributed by atoms with Crippen LogP contribution in [-0.2, 0) is 0 Å². The molecule has 0 heteroatoms. The van der Waals surface area contributed by atoms with Crippen LogP contribution in [0.2, 0.25) is 0 Å². The first kappa shape index (κ1) is 11.0. The molecular weight excluding hydrogens is 144 g/mol. The van der Waals surface area contributed by atoms with Crippen LogP contribution in [0.3, 0.4) is 0 Å². The molecule has 0 aliphatic rings. The fourth-order valence-electron chi connectivity index (χ4n) is 0.931. The quantitative estimate of drug-likeness (QED) is 0.547. The van der Waals surface area contributed by atoms with Gasteiger partial charge in [0.2, 0.25) is 0 Å². The number of hydrogen-bond acceptors (Lipinski definition) is 0. The first-order chi connectivity index (χ1) is 5.76. The summed E-state index contributed by atoms with van der Waals surface area (Å²) in [5.74, 6) is 0. The van der Waals surface area contributed by atoms with Crippen LogP contribution in [0.25, 0.3) is 0 Å². The van der Waals surface area contributed by atoms with Gasteiger partial charge in [-0.15, -0.1) is 0 Å². The van der Waals surface area contributed by atoms with Gasteiger partial charge in [-0.2, -0.15) is 0 Å². The van der Waals surface area contributed by atoms with Crippen molar-refractivity contribution in [2.45, 2.75) is 27.2 Å². The van der Waals surface area contributed by atoms with Crippen molar-refractivity contribution in [2.24, 2.45) is 0 Å². The van der Waals surface area contributed by atoms with E-state index in [1.807, 2.05) is 19.1 Å². The zero-order valence-electron chi connectivity index (χ0n) is 8.30. The molecule has 66 valence electrons. The average molecular weight is 162 g/mol. The molecule has 0 atom stereocenters. The molecule has 0 saturated heterocycles. The lowest BCUT2D eigenvalue weighted by Gasteiger charge is -1.97. The lowest BCUT2D eigenvalue weighted by atomic mass is 10.1. The molecule has 12 heavy (non-hydrogen) atoms. The molecule has 0 aromatic heterocycles. The summed E-state index contributed by atoms with van der Waals surface area (Å²) in [5, 5.41) is 0. The fraction of sp³-hybridized carbons (Fsp3) is 0.333. The molecule has 0 rings (SSSR count). The summed E-state index contributed by atoms with van der Waals surface area (Å²) < 4.78 is 0. The Hall–Kier alpha value is -1.04. The maximum atomic E-state index is 3.77. The van der Waals surface area contributed by atoms with Crippen LogP contribution in [0, 0.1) is 0 Å². The Balaban J connectivity index is 4.59. The smallest absolute Gasteiger partial charge is 0.0237 e. The van der Waals surface area contributed by atoms with Gasteiger partial charge in [-0.25, -0.2) is 0 Å². The topological polar surface area (TPSA) is 0 Å². The number of hydrogen-bond donors (Lipinski definition) is 0. The monoisotopic (exact) mass is 162 g/mol. The van der Waals surface area contributed by atoms with Crippen molar-refractivity contribution in [3.63, 3.8) is 0 Å². The van der Waals surface area contributed by atoms with E-state index in [2.05, 4.69) is 38.7 Å². The highest BCUT2D eigenvalue weighted by Crippen LogP contribution is 2.08. The summed E-state index contributed by atoms with van der Waals surface area (Å²) in [6.07, 6.45) is 11.4. The first-order valence-corrected chi connectivity index (χ1v) is 4.38. The predicted molar refractivity (Wildman–Crippen MR) is 57.1 cm³/mol. The molecule has 0 nitrogen and oxygen atoms in total. The van der Waals surface area contributed by atoms with Gasteiger partial charge in [-0.1, -0.05) is 43.9 Å². The van der Waals surface area contributed by atoms with E-state index >= 15 is 0 Å². The maximum Gasteiger partial charge on any atom is -0.0237 e. The molecule has 0 aromatic carbocycles. The van der Waals surface area contributed by atoms with E-state index in [1.165, 1.54) is 11.1 Å². The third kappa shape index (κ3) is 3.97. The van der Waals surface area contributed by atoms with Crippen molar-refractivity contribution in [1.29, 1.82) is 0 Å². The van der Waals surface area contributed by atoms with Crippen LogP contribution in [0.1, 0.15) is 27.2 Å². The molecule has 0 aromatic rings. The van der Waals surface area contributed by atoms with Gasteiger partial charge in [0, 0.05) is 0 Å². The fourth-order valence-corrected chi connectivity index (χ4v) is 0.931. The molecule has 0 saturated carbocycles. The van der Waals surface area contributed by atoms with Gasteiger partial charge in [-0.05, 0) is 31.4 Å². The summed E-state index contributed by atoms with van der Waals surface area (Å²) in [6, 6.07) is 0. The van der Waals surface area contributed by atoms with E-state index in [9.17, 15) is 0 Å². The molecular formula is C12H18. The van der Waals surface area contributed by atoms with Crippen molar-refractivity contribution < 1.29 is 0 Å². The highest BCUT2D eigenvalue weighted by molar-refractivity contribution is 5.38. The van der Waals surface area contributed by atoms with Gasteiger partial charge < -0.3 is 0 Å². The SMILES string of the molecule is C=CC(/C=C\C)=C(C)\C=C/CC. The second-order valence-electron chi connectivity index (χ2n) is 2.65. The van der Waals surface area contributed by atoms with Crippen molar-refractivity contribution in [3.8, 4) is 0 Å². The molecule has 0 heterocycles. The Morgan fingerprint density at radius 2 is 2.00 bits per heavy atom. The normalized spacial score (nSPS) is 13.9. The Morgan fingerprint density at radius 3 is 2.42 bits per heavy atom. The van der Waals surface area contributed by atoms with Gasteiger partial charge in [0.05, 0.1) is 0 Å². The lowest BCUT2D eigenvalue weighted by Crippen LogP contribution is -1.77. The second kappa shape index (κ2) is 6.66. The first-order valence-electron chi connectivity index (χ1n) is 4.38. The van der Waals surface area contributed by atoms with E-state index in [0.29, 0.717) is 0 Å². The van der Waals surface area contributed by atoms with Gasteiger partial charge in [0.1, 0.15) is 0 Å². The predicted octanol–water partition coefficient (Wildman–Crippen LogP) is 4.03. The van der Waals surface area contributed by atoms with Gasteiger partial charge in [0.15, 0.2) is 0 Å². The summed E-state index contributed by atoms with van der Waals surface area (Å²) in [4.78, 5) is 0. The van der Waals surface area contributed by atoms with Gasteiger partial charge in [-0.3, -0.25) is 0 Å². The Labute approximate surface area is 76.0 Å². The molecule has 0 aliphatic heterocycles. The summed E-state index contributed by atoms with van der Waals surface area (Å²) in [5.41, 5.74) is 2.46. The Kier molecular flexibility index (Phi) is 6.08. The minimum atomic E-state index is 1.08. The Morgan fingerprint density at radius 1 is 1.33 bits per heavy atom. The molecule has 0 radical (unpaired) electrons. The van der Waals surface area contributed by atoms with Crippen LogP contribution in [0.4, 0.5) is 0 Å². The molecule has 0 unspecified atom stereocenters. The summed E-state index contributed by atoms with van der Waals surface area (Å²) in [6.45, 7) is 10.0. The molecule has 0 spiro atoms.